The Balaban J connectivity index is 2.42. The molecule has 98 valence electrons. The maximum atomic E-state index is 3.73. The molecule has 0 aliphatic heterocycles. The molecule has 1 aromatic rings. The van der Waals surface area contributed by atoms with E-state index < -0.39 is 0 Å². The molecule has 0 fully saturated rings. The fourth-order valence-corrected chi connectivity index (χ4v) is 3.21. The number of hydrogen-bond donors (Lipinski definition) is 1. The summed E-state index contributed by atoms with van der Waals surface area (Å²) in [4.78, 5) is 2.90. The molecule has 1 unspecified atom stereocenters. The minimum atomic E-state index is 0.708. The summed E-state index contributed by atoms with van der Waals surface area (Å²) in [5.41, 5.74) is 1.49. The number of thiophene rings is 1. The summed E-state index contributed by atoms with van der Waals surface area (Å²) < 4.78 is 0. The highest BCUT2D eigenvalue weighted by Gasteiger charge is 2.08. The van der Waals surface area contributed by atoms with Crippen molar-refractivity contribution in [2.75, 3.05) is 0 Å². The zero-order valence-electron chi connectivity index (χ0n) is 11.8. The number of hydrogen-bond acceptors (Lipinski definition) is 2. The van der Waals surface area contributed by atoms with Gasteiger partial charge in [0.15, 0.2) is 0 Å². The molecule has 1 aromatic heterocycles. The largest absolute Gasteiger partial charge is 0.310 e. The molecule has 1 heterocycles. The molecule has 0 aliphatic carbocycles. The number of rotatable bonds is 8. The van der Waals surface area contributed by atoms with Crippen LogP contribution in [0.15, 0.2) is 6.07 Å². The zero-order chi connectivity index (χ0) is 12.7. The van der Waals surface area contributed by atoms with Crippen LogP contribution in [0.3, 0.4) is 0 Å². The van der Waals surface area contributed by atoms with E-state index in [1.54, 1.807) is 0 Å². The van der Waals surface area contributed by atoms with E-state index in [4.69, 9.17) is 0 Å². The second-order valence-electron chi connectivity index (χ2n) is 4.95. The molecule has 0 saturated carbocycles. The highest BCUT2D eigenvalue weighted by molar-refractivity contribution is 7.12. The summed E-state index contributed by atoms with van der Waals surface area (Å²) in [6.07, 6.45) is 6.56. The summed E-state index contributed by atoms with van der Waals surface area (Å²) in [6, 6.07) is 3.04. The van der Waals surface area contributed by atoms with Crippen molar-refractivity contribution in [3.05, 3.63) is 21.4 Å². The first-order chi connectivity index (χ1) is 8.17. The number of aryl methyl sites for hydroxylation is 2. The van der Waals surface area contributed by atoms with Crippen molar-refractivity contribution < 1.29 is 0 Å². The lowest BCUT2D eigenvalue weighted by Gasteiger charge is -2.17. The Labute approximate surface area is 111 Å². The monoisotopic (exact) mass is 253 g/mol. The van der Waals surface area contributed by atoms with Crippen molar-refractivity contribution in [1.82, 2.24) is 5.32 Å². The normalized spacial score (nSPS) is 12.9. The third kappa shape index (κ3) is 5.22. The molecule has 0 spiro atoms. The summed E-state index contributed by atoms with van der Waals surface area (Å²) in [5, 5.41) is 3.73. The van der Waals surface area contributed by atoms with E-state index in [9.17, 15) is 0 Å². The lowest BCUT2D eigenvalue weighted by Crippen LogP contribution is -2.28. The summed E-state index contributed by atoms with van der Waals surface area (Å²) in [6.45, 7) is 10.0. The van der Waals surface area contributed by atoms with Gasteiger partial charge in [0.1, 0.15) is 0 Å². The van der Waals surface area contributed by atoms with Gasteiger partial charge >= 0.3 is 0 Å². The minimum absolute atomic E-state index is 0.708. The Morgan fingerprint density at radius 1 is 1.18 bits per heavy atom. The van der Waals surface area contributed by atoms with Crippen LogP contribution in [0, 0.1) is 13.8 Å². The Bertz CT molecular complexity index is 317. The molecule has 0 aromatic carbocycles. The van der Waals surface area contributed by atoms with Crippen LogP contribution in [-0.4, -0.2) is 6.04 Å². The van der Waals surface area contributed by atoms with Crippen LogP contribution in [0.4, 0.5) is 0 Å². The fraction of sp³-hybridized carbons (Fsp3) is 0.733. The third-order valence-corrected chi connectivity index (χ3v) is 4.28. The molecule has 1 N–H and O–H groups in total. The highest BCUT2D eigenvalue weighted by atomic mass is 32.1. The molecular weight excluding hydrogens is 226 g/mol. The van der Waals surface area contributed by atoms with E-state index in [0.717, 1.165) is 6.54 Å². The van der Waals surface area contributed by atoms with Crippen LogP contribution < -0.4 is 5.32 Å². The number of unbranched alkanes of at least 4 members (excludes halogenated alkanes) is 1. The van der Waals surface area contributed by atoms with Gasteiger partial charge in [0.05, 0.1) is 0 Å². The molecule has 0 saturated heterocycles. The molecule has 0 radical (unpaired) electrons. The molecule has 2 heteroatoms. The second-order valence-corrected chi connectivity index (χ2v) is 6.41. The van der Waals surface area contributed by atoms with Gasteiger partial charge in [-0.15, -0.1) is 11.3 Å². The Morgan fingerprint density at radius 2 is 1.94 bits per heavy atom. The Kier molecular flexibility index (Phi) is 6.83. The van der Waals surface area contributed by atoms with Crippen molar-refractivity contribution in [3.8, 4) is 0 Å². The predicted molar refractivity (Wildman–Crippen MR) is 78.9 cm³/mol. The maximum absolute atomic E-state index is 3.73. The quantitative estimate of drug-likeness (QED) is 0.701. The second kappa shape index (κ2) is 7.88. The molecule has 0 amide bonds. The van der Waals surface area contributed by atoms with E-state index in [0.29, 0.717) is 6.04 Å². The third-order valence-electron chi connectivity index (χ3n) is 3.27. The van der Waals surface area contributed by atoms with Crippen molar-refractivity contribution in [3.63, 3.8) is 0 Å². The van der Waals surface area contributed by atoms with E-state index in [2.05, 4.69) is 39.1 Å². The highest BCUT2D eigenvalue weighted by Crippen LogP contribution is 2.20. The molecule has 1 atom stereocenters. The van der Waals surface area contributed by atoms with Gasteiger partial charge in [-0.05, 0) is 38.3 Å². The fourth-order valence-electron chi connectivity index (χ4n) is 2.26. The van der Waals surface area contributed by atoms with E-state index in [-0.39, 0.29) is 0 Å². The summed E-state index contributed by atoms with van der Waals surface area (Å²) in [7, 11) is 0. The average molecular weight is 253 g/mol. The van der Waals surface area contributed by atoms with Crippen LogP contribution in [0.2, 0.25) is 0 Å². The van der Waals surface area contributed by atoms with Crippen LogP contribution in [0.5, 0.6) is 0 Å². The first kappa shape index (κ1) is 14.7. The molecule has 17 heavy (non-hydrogen) atoms. The van der Waals surface area contributed by atoms with Crippen LogP contribution >= 0.6 is 11.3 Å². The SMILES string of the molecule is CCCCC(CCC)NCc1cc(C)sc1C. The van der Waals surface area contributed by atoms with Crippen LogP contribution in [0.1, 0.15) is 61.3 Å². The van der Waals surface area contributed by atoms with Gasteiger partial charge in [-0.2, -0.15) is 0 Å². The first-order valence-corrected chi connectivity index (χ1v) is 7.78. The van der Waals surface area contributed by atoms with Gasteiger partial charge in [-0.3, -0.25) is 0 Å². The lowest BCUT2D eigenvalue weighted by molar-refractivity contribution is 0.434. The first-order valence-electron chi connectivity index (χ1n) is 6.96. The van der Waals surface area contributed by atoms with Crippen molar-refractivity contribution in [2.45, 2.75) is 72.4 Å². The average Bonchev–Trinajstić information content (AvgIpc) is 2.61. The Morgan fingerprint density at radius 3 is 2.47 bits per heavy atom. The molecule has 1 nitrogen and oxygen atoms in total. The minimum Gasteiger partial charge on any atom is -0.310 e. The van der Waals surface area contributed by atoms with Gasteiger partial charge in [0.2, 0.25) is 0 Å². The smallest absolute Gasteiger partial charge is 0.0219 e. The van der Waals surface area contributed by atoms with Gasteiger partial charge in [0, 0.05) is 22.3 Å². The van der Waals surface area contributed by atoms with Gasteiger partial charge < -0.3 is 5.32 Å². The van der Waals surface area contributed by atoms with Crippen molar-refractivity contribution >= 4 is 11.3 Å². The van der Waals surface area contributed by atoms with Crippen LogP contribution in [0.25, 0.3) is 0 Å². The number of nitrogens with one attached hydrogen (secondary N) is 1. The summed E-state index contributed by atoms with van der Waals surface area (Å²) in [5.74, 6) is 0. The standard InChI is InChI=1S/C15H27NS/c1-5-7-9-15(8-6-2)16-11-14-10-12(3)17-13(14)4/h10,15-16H,5-9,11H2,1-4H3. The Hall–Kier alpha value is -0.340. The van der Waals surface area contributed by atoms with Crippen molar-refractivity contribution in [1.29, 1.82) is 0 Å². The van der Waals surface area contributed by atoms with Crippen molar-refractivity contribution in [2.24, 2.45) is 0 Å². The van der Waals surface area contributed by atoms with Gasteiger partial charge in [0.25, 0.3) is 0 Å². The molecule has 1 rings (SSSR count). The van der Waals surface area contributed by atoms with E-state index in [1.807, 2.05) is 11.3 Å². The van der Waals surface area contributed by atoms with E-state index >= 15 is 0 Å². The molecule has 0 aliphatic rings. The zero-order valence-corrected chi connectivity index (χ0v) is 12.6. The molecular formula is C15H27NS. The summed E-state index contributed by atoms with van der Waals surface area (Å²) >= 11 is 1.91. The lowest BCUT2D eigenvalue weighted by atomic mass is 10.0. The topological polar surface area (TPSA) is 12.0 Å². The predicted octanol–water partition coefficient (Wildman–Crippen LogP) is 4.81. The van der Waals surface area contributed by atoms with Gasteiger partial charge in [-0.1, -0.05) is 33.1 Å². The van der Waals surface area contributed by atoms with Gasteiger partial charge in [-0.25, -0.2) is 0 Å². The maximum Gasteiger partial charge on any atom is 0.0219 e. The molecule has 0 bridgehead atoms. The van der Waals surface area contributed by atoms with E-state index in [1.165, 1.54) is 47.4 Å². The van der Waals surface area contributed by atoms with Crippen LogP contribution in [-0.2, 0) is 6.54 Å².